The van der Waals surface area contributed by atoms with Crippen molar-refractivity contribution in [3.63, 3.8) is 0 Å². The van der Waals surface area contributed by atoms with Crippen LogP contribution in [0.1, 0.15) is 38.7 Å². The summed E-state index contributed by atoms with van der Waals surface area (Å²) in [4.78, 5) is 4.93. The predicted molar refractivity (Wildman–Crippen MR) is 84.8 cm³/mol. The van der Waals surface area contributed by atoms with Gasteiger partial charge in [-0.3, -0.25) is 4.90 Å². The zero-order valence-electron chi connectivity index (χ0n) is 13.6. The van der Waals surface area contributed by atoms with E-state index in [2.05, 4.69) is 48.0 Å². The highest BCUT2D eigenvalue weighted by Crippen LogP contribution is 2.11. The molecule has 1 N–H and O–H groups in total. The molecule has 0 bridgehead atoms. The molecule has 0 aromatic carbocycles. The van der Waals surface area contributed by atoms with E-state index in [0.29, 0.717) is 0 Å². The van der Waals surface area contributed by atoms with Crippen molar-refractivity contribution in [2.45, 2.75) is 40.3 Å². The first-order chi connectivity index (χ1) is 9.73. The average Bonchev–Trinajstić information content (AvgIpc) is 2.90. The Morgan fingerprint density at radius 2 is 1.55 bits per heavy atom. The Balaban J connectivity index is 2.34. The van der Waals surface area contributed by atoms with Gasteiger partial charge in [-0.1, -0.05) is 20.8 Å². The van der Waals surface area contributed by atoms with Crippen molar-refractivity contribution in [1.29, 1.82) is 0 Å². The monoisotopic (exact) mass is 281 g/mol. The highest BCUT2D eigenvalue weighted by atomic mass is 16.3. The first kappa shape index (κ1) is 17.2. The minimum absolute atomic E-state index is 0.800. The Morgan fingerprint density at radius 3 is 2.15 bits per heavy atom. The van der Waals surface area contributed by atoms with Crippen LogP contribution < -0.4 is 5.32 Å². The zero-order chi connectivity index (χ0) is 14.8. The van der Waals surface area contributed by atoms with Crippen LogP contribution in [0.15, 0.2) is 16.5 Å². The molecule has 0 unspecified atom stereocenters. The van der Waals surface area contributed by atoms with Crippen LogP contribution >= 0.6 is 0 Å². The first-order valence-corrected chi connectivity index (χ1v) is 7.90. The first-order valence-electron chi connectivity index (χ1n) is 7.90. The third-order valence-corrected chi connectivity index (χ3v) is 3.74. The number of nitrogens with one attached hydrogen (secondary N) is 1. The molecule has 0 aliphatic carbocycles. The molecule has 1 heterocycles. The number of hydrogen-bond acceptors (Lipinski definition) is 4. The Labute approximate surface area is 124 Å². The van der Waals surface area contributed by atoms with E-state index in [0.717, 1.165) is 50.8 Å². The molecule has 0 saturated heterocycles. The molecule has 0 aliphatic rings. The number of furan rings is 1. The fourth-order valence-corrected chi connectivity index (χ4v) is 2.40. The molecule has 0 fully saturated rings. The maximum atomic E-state index is 5.81. The SMILES string of the molecule is CCN(CC)CCCN(CC)Cc1ccc(CNC)o1. The summed E-state index contributed by atoms with van der Waals surface area (Å²) in [6.45, 7) is 14.1. The van der Waals surface area contributed by atoms with Gasteiger partial charge in [0.05, 0.1) is 13.1 Å². The second-order valence-corrected chi connectivity index (χ2v) is 5.15. The fourth-order valence-electron chi connectivity index (χ4n) is 2.40. The fraction of sp³-hybridized carbons (Fsp3) is 0.750. The summed E-state index contributed by atoms with van der Waals surface area (Å²) >= 11 is 0. The molecule has 116 valence electrons. The lowest BCUT2D eigenvalue weighted by Crippen LogP contribution is -2.29. The average molecular weight is 281 g/mol. The predicted octanol–water partition coefficient (Wildman–Crippen LogP) is 2.55. The molecule has 0 atom stereocenters. The van der Waals surface area contributed by atoms with E-state index in [4.69, 9.17) is 4.42 Å². The molecule has 0 radical (unpaired) electrons. The van der Waals surface area contributed by atoms with Gasteiger partial charge >= 0.3 is 0 Å². The van der Waals surface area contributed by atoms with E-state index in [1.165, 1.54) is 13.0 Å². The van der Waals surface area contributed by atoms with Crippen LogP contribution in [0, 0.1) is 0 Å². The third-order valence-electron chi connectivity index (χ3n) is 3.74. The number of hydrogen-bond donors (Lipinski definition) is 1. The van der Waals surface area contributed by atoms with Gasteiger partial charge in [-0.05, 0) is 58.3 Å². The van der Waals surface area contributed by atoms with E-state index >= 15 is 0 Å². The summed E-state index contributed by atoms with van der Waals surface area (Å²) < 4.78 is 5.81. The van der Waals surface area contributed by atoms with Gasteiger partial charge in [-0.2, -0.15) is 0 Å². The molecule has 20 heavy (non-hydrogen) atoms. The van der Waals surface area contributed by atoms with E-state index in [1.807, 2.05) is 7.05 Å². The Hall–Kier alpha value is -0.840. The number of nitrogens with zero attached hydrogens (tertiary/aromatic N) is 2. The largest absolute Gasteiger partial charge is 0.463 e. The number of rotatable bonds is 11. The van der Waals surface area contributed by atoms with Gasteiger partial charge in [-0.15, -0.1) is 0 Å². The van der Waals surface area contributed by atoms with E-state index in [1.54, 1.807) is 0 Å². The van der Waals surface area contributed by atoms with Gasteiger partial charge in [0.15, 0.2) is 0 Å². The minimum Gasteiger partial charge on any atom is -0.463 e. The van der Waals surface area contributed by atoms with Crippen molar-refractivity contribution in [2.75, 3.05) is 39.8 Å². The van der Waals surface area contributed by atoms with Crippen LogP contribution in [0.3, 0.4) is 0 Å². The van der Waals surface area contributed by atoms with Gasteiger partial charge in [0.25, 0.3) is 0 Å². The van der Waals surface area contributed by atoms with Crippen LogP contribution in [0.4, 0.5) is 0 Å². The summed E-state index contributed by atoms with van der Waals surface area (Å²) in [5, 5.41) is 3.11. The van der Waals surface area contributed by atoms with Crippen molar-refractivity contribution in [1.82, 2.24) is 15.1 Å². The summed E-state index contributed by atoms with van der Waals surface area (Å²) in [7, 11) is 1.94. The molecule has 4 nitrogen and oxygen atoms in total. The van der Waals surface area contributed by atoms with Crippen molar-refractivity contribution in [3.05, 3.63) is 23.7 Å². The summed E-state index contributed by atoms with van der Waals surface area (Å²) in [5.74, 6) is 2.08. The minimum atomic E-state index is 0.800. The Kier molecular flexibility index (Phi) is 8.58. The van der Waals surface area contributed by atoms with Gasteiger partial charge in [0.2, 0.25) is 0 Å². The molecular weight excluding hydrogens is 250 g/mol. The lowest BCUT2D eigenvalue weighted by Gasteiger charge is -2.22. The topological polar surface area (TPSA) is 31.6 Å². The quantitative estimate of drug-likeness (QED) is 0.675. The molecule has 1 rings (SSSR count). The van der Waals surface area contributed by atoms with Crippen molar-refractivity contribution >= 4 is 0 Å². The van der Waals surface area contributed by atoms with Crippen molar-refractivity contribution < 1.29 is 4.42 Å². The molecular formula is C16H31N3O. The molecule has 0 spiro atoms. The van der Waals surface area contributed by atoms with Crippen LogP contribution in [0.25, 0.3) is 0 Å². The van der Waals surface area contributed by atoms with Gasteiger partial charge < -0.3 is 14.6 Å². The summed E-state index contributed by atoms with van der Waals surface area (Å²) in [6, 6.07) is 4.16. The van der Waals surface area contributed by atoms with Crippen LogP contribution in [-0.2, 0) is 13.1 Å². The molecule has 0 aliphatic heterocycles. The van der Waals surface area contributed by atoms with Crippen LogP contribution in [0.5, 0.6) is 0 Å². The summed E-state index contributed by atoms with van der Waals surface area (Å²) in [5.41, 5.74) is 0. The van der Waals surface area contributed by atoms with Crippen molar-refractivity contribution in [3.8, 4) is 0 Å². The molecule has 1 aromatic heterocycles. The van der Waals surface area contributed by atoms with E-state index < -0.39 is 0 Å². The van der Waals surface area contributed by atoms with Crippen molar-refractivity contribution in [2.24, 2.45) is 0 Å². The maximum absolute atomic E-state index is 5.81. The molecule has 0 amide bonds. The summed E-state index contributed by atoms with van der Waals surface area (Å²) in [6.07, 6.45) is 1.22. The van der Waals surface area contributed by atoms with Crippen LogP contribution in [-0.4, -0.2) is 49.6 Å². The van der Waals surface area contributed by atoms with E-state index in [-0.39, 0.29) is 0 Å². The van der Waals surface area contributed by atoms with Crippen LogP contribution in [0.2, 0.25) is 0 Å². The van der Waals surface area contributed by atoms with Gasteiger partial charge in [0, 0.05) is 0 Å². The molecule has 0 saturated carbocycles. The second-order valence-electron chi connectivity index (χ2n) is 5.15. The van der Waals surface area contributed by atoms with Gasteiger partial charge in [0.1, 0.15) is 11.5 Å². The highest BCUT2D eigenvalue weighted by molar-refractivity contribution is 5.06. The Morgan fingerprint density at radius 1 is 0.950 bits per heavy atom. The smallest absolute Gasteiger partial charge is 0.118 e. The Bertz CT molecular complexity index is 347. The zero-order valence-corrected chi connectivity index (χ0v) is 13.6. The van der Waals surface area contributed by atoms with Gasteiger partial charge in [-0.25, -0.2) is 0 Å². The second kappa shape index (κ2) is 9.97. The third kappa shape index (κ3) is 6.07. The maximum Gasteiger partial charge on any atom is 0.118 e. The highest BCUT2D eigenvalue weighted by Gasteiger charge is 2.08. The lowest BCUT2D eigenvalue weighted by atomic mass is 10.3. The molecule has 1 aromatic rings. The normalized spacial score (nSPS) is 11.7. The lowest BCUT2D eigenvalue weighted by molar-refractivity contribution is 0.224. The van der Waals surface area contributed by atoms with E-state index in [9.17, 15) is 0 Å². The standard InChI is InChI=1S/C16H31N3O/c1-5-18(6-2)11-8-12-19(7-3)14-16-10-9-15(20-16)13-17-4/h9-10,17H,5-8,11-14H2,1-4H3. The molecule has 4 heteroatoms.